The quantitative estimate of drug-likeness (QED) is 0.864. The third kappa shape index (κ3) is 2.79. The van der Waals surface area contributed by atoms with Gasteiger partial charge in [-0.05, 0) is 43.7 Å². The van der Waals surface area contributed by atoms with Gasteiger partial charge in [0.2, 0.25) is 5.82 Å². The lowest BCUT2D eigenvalue weighted by molar-refractivity contribution is -0.142. The second kappa shape index (κ2) is 6.02. The normalized spacial score (nSPS) is 14.1. The molecule has 0 spiro atoms. The molecule has 0 aromatic carbocycles. The second-order valence-electron chi connectivity index (χ2n) is 5.00. The predicted octanol–water partition coefficient (Wildman–Crippen LogP) is 1.40. The number of hydrogen-bond acceptors (Lipinski definition) is 5. The minimum atomic E-state index is -0.873. The fraction of sp³-hybridized carbons (Fsp3) is 0.615. The molecule has 2 unspecified atom stereocenters. The maximum absolute atomic E-state index is 11.2. The van der Waals surface area contributed by atoms with Crippen LogP contribution in [0.1, 0.15) is 39.4 Å². The van der Waals surface area contributed by atoms with Crippen LogP contribution in [0.5, 0.6) is 0 Å². The van der Waals surface area contributed by atoms with Crippen LogP contribution in [0.2, 0.25) is 0 Å². The van der Waals surface area contributed by atoms with Crippen LogP contribution in [0.25, 0.3) is 11.5 Å². The Morgan fingerprint density at radius 3 is 2.67 bits per heavy atom. The maximum atomic E-state index is 11.2. The van der Waals surface area contributed by atoms with E-state index in [0.29, 0.717) is 12.4 Å². The van der Waals surface area contributed by atoms with Gasteiger partial charge in [0.25, 0.3) is 0 Å². The number of aromatic nitrogens is 6. The lowest BCUT2D eigenvalue weighted by atomic mass is 10.0. The Hall–Kier alpha value is -2.25. The zero-order valence-electron chi connectivity index (χ0n) is 12.7. The summed E-state index contributed by atoms with van der Waals surface area (Å²) < 4.78 is 3.39. The van der Waals surface area contributed by atoms with Gasteiger partial charge in [0.1, 0.15) is 5.69 Å². The molecule has 0 aliphatic carbocycles. The van der Waals surface area contributed by atoms with Crippen LogP contribution in [0.4, 0.5) is 0 Å². The van der Waals surface area contributed by atoms with Crippen molar-refractivity contribution >= 4 is 5.97 Å². The lowest BCUT2D eigenvalue weighted by Crippen LogP contribution is -2.23. The standard InChI is InChI=1S/C13H20N6O2/c1-5-10-7-11(18(6-2)15-10)12-14-16-17-19(12)9(4)8(3)13(20)21/h7-9H,5-6H2,1-4H3,(H,20,21). The van der Waals surface area contributed by atoms with Gasteiger partial charge >= 0.3 is 5.97 Å². The fourth-order valence-corrected chi connectivity index (χ4v) is 2.12. The summed E-state index contributed by atoms with van der Waals surface area (Å²) in [5.41, 5.74) is 1.77. The van der Waals surface area contributed by atoms with Gasteiger partial charge in [-0.25, -0.2) is 4.68 Å². The zero-order chi connectivity index (χ0) is 15.6. The van der Waals surface area contributed by atoms with Gasteiger partial charge in [0, 0.05) is 6.54 Å². The average Bonchev–Trinajstić information content (AvgIpc) is 3.10. The summed E-state index contributed by atoms with van der Waals surface area (Å²) in [7, 11) is 0. The van der Waals surface area contributed by atoms with Crippen molar-refractivity contribution in [1.82, 2.24) is 30.0 Å². The van der Waals surface area contributed by atoms with Crippen molar-refractivity contribution in [2.75, 3.05) is 0 Å². The van der Waals surface area contributed by atoms with E-state index in [0.717, 1.165) is 17.8 Å². The first kappa shape index (κ1) is 15.1. The van der Waals surface area contributed by atoms with Crippen molar-refractivity contribution < 1.29 is 9.90 Å². The Morgan fingerprint density at radius 2 is 2.10 bits per heavy atom. The summed E-state index contributed by atoms with van der Waals surface area (Å²) in [6.45, 7) is 8.17. The highest BCUT2D eigenvalue weighted by Crippen LogP contribution is 2.24. The third-order valence-electron chi connectivity index (χ3n) is 3.71. The van der Waals surface area contributed by atoms with E-state index in [9.17, 15) is 4.79 Å². The molecule has 0 fully saturated rings. The number of hydrogen-bond donors (Lipinski definition) is 1. The van der Waals surface area contributed by atoms with E-state index >= 15 is 0 Å². The number of aryl methyl sites for hydroxylation is 2. The lowest BCUT2D eigenvalue weighted by Gasteiger charge is -2.17. The molecule has 0 bridgehead atoms. The SMILES string of the molecule is CCc1cc(-c2nnnn2C(C)C(C)C(=O)O)n(CC)n1. The molecule has 2 aromatic heterocycles. The van der Waals surface area contributed by atoms with E-state index in [1.54, 1.807) is 18.5 Å². The van der Waals surface area contributed by atoms with E-state index in [2.05, 4.69) is 20.6 Å². The monoisotopic (exact) mass is 292 g/mol. The van der Waals surface area contributed by atoms with E-state index in [4.69, 9.17) is 5.11 Å². The van der Waals surface area contributed by atoms with Crippen LogP contribution in [0.15, 0.2) is 6.07 Å². The van der Waals surface area contributed by atoms with Gasteiger partial charge in [-0.1, -0.05) is 6.92 Å². The van der Waals surface area contributed by atoms with Gasteiger partial charge in [0.15, 0.2) is 0 Å². The number of nitrogens with zero attached hydrogens (tertiary/aromatic N) is 6. The molecule has 0 saturated heterocycles. The van der Waals surface area contributed by atoms with E-state index < -0.39 is 11.9 Å². The Balaban J connectivity index is 2.45. The molecule has 2 atom stereocenters. The summed E-state index contributed by atoms with van der Waals surface area (Å²) in [6, 6.07) is 1.60. The maximum Gasteiger partial charge on any atom is 0.308 e. The molecule has 2 heterocycles. The number of carboxylic acid groups (broad SMARTS) is 1. The number of aliphatic carboxylic acids is 1. The van der Waals surface area contributed by atoms with Crippen molar-refractivity contribution in [3.63, 3.8) is 0 Å². The molecule has 21 heavy (non-hydrogen) atoms. The predicted molar refractivity (Wildman–Crippen MR) is 75.6 cm³/mol. The molecule has 114 valence electrons. The van der Waals surface area contributed by atoms with E-state index in [1.165, 1.54) is 0 Å². The molecule has 0 radical (unpaired) electrons. The van der Waals surface area contributed by atoms with Crippen molar-refractivity contribution in [2.24, 2.45) is 5.92 Å². The van der Waals surface area contributed by atoms with Gasteiger partial charge in [-0.3, -0.25) is 9.48 Å². The largest absolute Gasteiger partial charge is 0.481 e. The molecular weight excluding hydrogens is 272 g/mol. The van der Waals surface area contributed by atoms with Gasteiger partial charge < -0.3 is 5.11 Å². The highest BCUT2D eigenvalue weighted by Gasteiger charge is 2.26. The fourth-order valence-electron chi connectivity index (χ4n) is 2.12. The molecular formula is C13H20N6O2. The molecule has 0 aliphatic rings. The minimum Gasteiger partial charge on any atom is -0.481 e. The number of carbonyl (C=O) groups is 1. The molecule has 8 nitrogen and oxygen atoms in total. The molecule has 0 amide bonds. The van der Waals surface area contributed by atoms with Crippen LogP contribution >= 0.6 is 0 Å². The first-order chi connectivity index (χ1) is 9.99. The Kier molecular flexibility index (Phi) is 4.35. The van der Waals surface area contributed by atoms with Crippen LogP contribution in [0, 0.1) is 5.92 Å². The number of tetrazole rings is 1. The highest BCUT2D eigenvalue weighted by molar-refractivity contribution is 5.70. The first-order valence-electron chi connectivity index (χ1n) is 7.07. The summed E-state index contributed by atoms with van der Waals surface area (Å²) in [5, 5.41) is 25.3. The molecule has 2 rings (SSSR count). The van der Waals surface area contributed by atoms with Crippen molar-refractivity contribution in [3.05, 3.63) is 11.8 Å². The van der Waals surface area contributed by atoms with Crippen molar-refractivity contribution in [2.45, 2.75) is 46.7 Å². The summed E-state index contributed by atoms with van der Waals surface area (Å²) in [6.07, 6.45) is 0.822. The van der Waals surface area contributed by atoms with Gasteiger partial charge in [-0.15, -0.1) is 5.10 Å². The summed E-state index contributed by atoms with van der Waals surface area (Å²) in [5.74, 6) is -0.914. The Morgan fingerprint density at radius 1 is 1.38 bits per heavy atom. The van der Waals surface area contributed by atoms with E-state index in [-0.39, 0.29) is 6.04 Å². The number of carboxylic acids is 1. The molecule has 1 N–H and O–H groups in total. The molecule has 0 aliphatic heterocycles. The smallest absolute Gasteiger partial charge is 0.308 e. The zero-order valence-corrected chi connectivity index (χ0v) is 12.7. The second-order valence-corrected chi connectivity index (χ2v) is 5.00. The Labute approximate surface area is 122 Å². The third-order valence-corrected chi connectivity index (χ3v) is 3.71. The Bertz CT molecular complexity index is 632. The van der Waals surface area contributed by atoms with Gasteiger partial charge in [-0.2, -0.15) is 5.10 Å². The summed E-state index contributed by atoms with van der Waals surface area (Å²) >= 11 is 0. The van der Waals surface area contributed by atoms with Crippen LogP contribution in [-0.4, -0.2) is 41.1 Å². The first-order valence-corrected chi connectivity index (χ1v) is 7.07. The van der Waals surface area contributed by atoms with Crippen LogP contribution in [-0.2, 0) is 17.8 Å². The number of rotatable bonds is 6. The molecule has 0 saturated carbocycles. The van der Waals surface area contributed by atoms with Crippen LogP contribution in [0.3, 0.4) is 0 Å². The van der Waals surface area contributed by atoms with E-state index in [1.807, 2.05) is 24.6 Å². The highest BCUT2D eigenvalue weighted by atomic mass is 16.4. The van der Waals surface area contributed by atoms with Crippen molar-refractivity contribution in [3.8, 4) is 11.5 Å². The minimum absolute atomic E-state index is 0.349. The van der Waals surface area contributed by atoms with Gasteiger partial charge in [0.05, 0.1) is 17.7 Å². The van der Waals surface area contributed by atoms with Crippen molar-refractivity contribution in [1.29, 1.82) is 0 Å². The topological polar surface area (TPSA) is 98.7 Å². The van der Waals surface area contributed by atoms with Crippen LogP contribution < -0.4 is 0 Å². The molecule has 8 heteroatoms. The average molecular weight is 292 g/mol. The molecule has 2 aromatic rings. The summed E-state index contributed by atoms with van der Waals surface area (Å²) in [4.78, 5) is 11.2.